The molecule has 5 nitrogen and oxygen atoms in total. The van der Waals surface area contributed by atoms with Crippen molar-refractivity contribution in [3.63, 3.8) is 0 Å². The van der Waals surface area contributed by atoms with Crippen molar-refractivity contribution in [2.24, 2.45) is 0 Å². The number of sulfonamides is 1. The van der Waals surface area contributed by atoms with E-state index in [0.29, 0.717) is 26.2 Å². The number of hydrogen-bond acceptors (Lipinski definition) is 4. The maximum Gasteiger partial charge on any atom is 0.245 e. The highest BCUT2D eigenvalue weighted by Gasteiger charge is 2.41. The van der Waals surface area contributed by atoms with Crippen LogP contribution in [0, 0.1) is 5.82 Å². The lowest BCUT2D eigenvalue weighted by atomic mass is 10.0. The van der Waals surface area contributed by atoms with E-state index in [-0.39, 0.29) is 19.9 Å². The van der Waals surface area contributed by atoms with E-state index in [1.54, 1.807) is 0 Å². The van der Waals surface area contributed by atoms with Crippen molar-refractivity contribution in [1.82, 2.24) is 4.31 Å². The fourth-order valence-corrected chi connectivity index (χ4v) is 7.13. The average molecular weight is 473 g/mol. The first-order chi connectivity index (χ1) is 10.9. The first kappa shape index (κ1) is 17.8. The topological polar surface area (TPSA) is 55.8 Å². The van der Waals surface area contributed by atoms with Crippen molar-refractivity contribution in [2.45, 2.75) is 36.5 Å². The van der Waals surface area contributed by atoms with Crippen LogP contribution in [-0.2, 0) is 19.5 Å². The summed E-state index contributed by atoms with van der Waals surface area (Å²) in [5.41, 5.74) is 0. The Bertz CT molecular complexity index is 671. The summed E-state index contributed by atoms with van der Waals surface area (Å²) in [6.07, 6.45) is 1.84. The highest BCUT2D eigenvalue weighted by atomic mass is 79.9. The van der Waals surface area contributed by atoms with Crippen LogP contribution < -0.4 is 0 Å². The molecule has 0 N–H and O–H groups in total. The smallest absolute Gasteiger partial charge is 0.245 e. The second-order valence-electron chi connectivity index (χ2n) is 5.49. The molecule has 0 saturated carbocycles. The molecule has 1 unspecified atom stereocenters. The Morgan fingerprint density at radius 3 is 2.35 bits per heavy atom. The maximum absolute atomic E-state index is 13.5. The molecule has 1 aromatic carbocycles. The minimum absolute atomic E-state index is 0.0313. The van der Waals surface area contributed by atoms with Gasteiger partial charge in [0.2, 0.25) is 10.0 Å². The monoisotopic (exact) mass is 471 g/mol. The van der Waals surface area contributed by atoms with Gasteiger partial charge in [0, 0.05) is 15.5 Å². The molecule has 2 aliphatic rings. The lowest BCUT2D eigenvalue weighted by Gasteiger charge is -2.37. The van der Waals surface area contributed by atoms with Crippen LogP contribution in [0.4, 0.5) is 4.39 Å². The lowest BCUT2D eigenvalue weighted by molar-refractivity contribution is -0.0913. The highest BCUT2D eigenvalue weighted by Crippen LogP contribution is 2.37. The van der Waals surface area contributed by atoms with Gasteiger partial charge in [-0.2, -0.15) is 4.31 Å². The largest absolute Gasteiger partial charge is 0.349 e. The summed E-state index contributed by atoms with van der Waals surface area (Å²) in [5.74, 6) is -0.514. The van der Waals surface area contributed by atoms with Gasteiger partial charge in [-0.15, -0.1) is 0 Å². The van der Waals surface area contributed by atoms with Gasteiger partial charge in [0.25, 0.3) is 0 Å². The number of halogens is 3. The first-order valence-corrected chi connectivity index (χ1v) is 10.3. The van der Waals surface area contributed by atoms with Gasteiger partial charge in [-0.1, -0.05) is 6.42 Å². The van der Waals surface area contributed by atoms with Crippen LogP contribution in [-0.4, -0.2) is 44.8 Å². The lowest BCUT2D eigenvalue weighted by Crippen LogP contribution is -2.50. The third-order valence-corrected chi connectivity index (χ3v) is 7.79. The fourth-order valence-electron chi connectivity index (χ4n) is 2.99. The molecular weight excluding hydrogens is 457 g/mol. The van der Waals surface area contributed by atoms with Crippen LogP contribution in [0.2, 0.25) is 0 Å². The second-order valence-corrected chi connectivity index (χ2v) is 9.02. The molecule has 0 radical (unpaired) electrons. The highest BCUT2D eigenvalue weighted by molar-refractivity contribution is 9.11. The standard InChI is InChI=1S/C14H16Br2FNO4S/c15-10-7-9(17)8-11(16)13(10)23(19,20)18-4-2-1-3-12(18)14-21-5-6-22-14/h7-8,12,14H,1-6H2. The Kier molecular flexibility index (Phi) is 5.44. The molecule has 9 heteroatoms. The van der Waals surface area contributed by atoms with Crippen LogP contribution in [0.15, 0.2) is 26.0 Å². The maximum atomic E-state index is 13.5. The van der Waals surface area contributed by atoms with Crippen molar-refractivity contribution in [3.05, 3.63) is 26.9 Å². The van der Waals surface area contributed by atoms with E-state index in [1.807, 2.05) is 0 Å². The summed E-state index contributed by atoms with van der Waals surface area (Å²) in [7, 11) is -3.81. The van der Waals surface area contributed by atoms with Gasteiger partial charge in [0.05, 0.1) is 19.3 Å². The van der Waals surface area contributed by atoms with E-state index in [2.05, 4.69) is 31.9 Å². The number of benzene rings is 1. The van der Waals surface area contributed by atoms with Crippen molar-refractivity contribution in [1.29, 1.82) is 0 Å². The van der Waals surface area contributed by atoms with Crippen molar-refractivity contribution in [3.8, 4) is 0 Å². The minimum Gasteiger partial charge on any atom is -0.349 e. The zero-order valence-electron chi connectivity index (χ0n) is 12.2. The van der Waals surface area contributed by atoms with E-state index >= 15 is 0 Å². The number of piperidine rings is 1. The summed E-state index contributed by atoms with van der Waals surface area (Å²) in [6.45, 7) is 1.34. The Balaban J connectivity index is 2.00. The van der Waals surface area contributed by atoms with Gasteiger partial charge < -0.3 is 9.47 Å². The normalized spacial score (nSPS) is 24.2. The SMILES string of the molecule is O=S(=O)(c1c(Br)cc(F)cc1Br)N1CCCCC1C1OCCO1. The van der Waals surface area contributed by atoms with Crippen molar-refractivity contribution < 1.29 is 22.3 Å². The summed E-state index contributed by atoms with van der Waals surface area (Å²) in [6, 6.07) is 1.94. The number of hydrogen-bond donors (Lipinski definition) is 0. The molecule has 0 aromatic heterocycles. The molecule has 3 rings (SSSR count). The van der Waals surface area contributed by atoms with E-state index in [4.69, 9.17) is 9.47 Å². The molecule has 128 valence electrons. The molecule has 2 saturated heterocycles. The average Bonchev–Trinajstić information content (AvgIpc) is 3.00. The Morgan fingerprint density at radius 1 is 1.13 bits per heavy atom. The third kappa shape index (κ3) is 3.50. The Labute approximate surface area is 151 Å². The van der Waals surface area contributed by atoms with Crippen LogP contribution in [0.1, 0.15) is 19.3 Å². The van der Waals surface area contributed by atoms with Gasteiger partial charge in [-0.3, -0.25) is 0 Å². The molecule has 1 aromatic rings. The van der Waals surface area contributed by atoms with E-state index in [1.165, 1.54) is 4.31 Å². The molecule has 0 spiro atoms. The zero-order chi connectivity index (χ0) is 16.6. The molecule has 2 heterocycles. The summed E-state index contributed by atoms with van der Waals surface area (Å²) in [5, 5.41) is 0. The van der Waals surface area contributed by atoms with Crippen molar-refractivity contribution >= 4 is 41.9 Å². The summed E-state index contributed by atoms with van der Waals surface area (Å²) < 4.78 is 52.6. The number of nitrogens with zero attached hydrogens (tertiary/aromatic N) is 1. The van der Waals surface area contributed by atoms with Gasteiger partial charge in [0.15, 0.2) is 6.29 Å². The second kappa shape index (κ2) is 7.05. The van der Waals surface area contributed by atoms with Gasteiger partial charge in [-0.05, 0) is 56.8 Å². The van der Waals surface area contributed by atoms with Crippen LogP contribution in [0.5, 0.6) is 0 Å². The minimum atomic E-state index is -3.81. The molecule has 0 amide bonds. The molecule has 2 fully saturated rings. The van der Waals surface area contributed by atoms with Crippen molar-refractivity contribution in [2.75, 3.05) is 19.8 Å². The Hall–Kier alpha value is -0.0600. The van der Waals surface area contributed by atoms with Crippen LogP contribution >= 0.6 is 31.9 Å². The van der Waals surface area contributed by atoms with E-state index < -0.39 is 22.1 Å². The zero-order valence-corrected chi connectivity index (χ0v) is 16.2. The fraction of sp³-hybridized carbons (Fsp3) is 0.571. The molecule has 23 heavy (non-hydrogen) atoms. The summed E-state index contributed by atoms with van der Waals surface area (Å²) in [4.78, 5) is 0.0313. The molecule has 1 atom stereocenters. The quantitative estimate of drug-likeness (QED) is 0.677. The number of rotatable bonds is 3. The predicted octanol–water partition coefficient (Wildman–Crippen LogP) is 3.27. The third-order valence-electron chi connectivity index (χ3n) is 3.99. The summed E-state index contributed by atoms with van der Waals surface area (Å²) >= 11 is 6.33. The van der Waals surface area contributed by atoms with E-state index in [9.17, 15) is 12.8 Å². The van der Waals surface area contributed by atoms with Crippen LogP contribution in [0.25, 0.3) is 0 Å². The van der Waals surface area contributed by atoms with Gasteiger partial charge in [-0.25, -0.2) is 12.8 Å². The van der Waals surface area contributed by atoms with Crippen LogP contribution in [0.3, 0.4) is 0 Å². The van der Waals surface area contributed by atoms with Gasteiger partial charge in [0.1, 0.15) is 10.7 Å². The number of ether oxygens (including phenoxy) is 2. The molecule has 0 bridgehead atoms. The first-order valence-electron chi connectivity index (χ1n) is 7.31. The molecular formula is C14H16Br2FNO4S. The van der Waals surface area contributed by atoms with Gasteiger partial charge >= 0.3 is 0 Å². The van der Waals surface area contributed by atoms with E-state index in [0.717, 1.165) is 25.0 Å². The molecule has 2 aliphatic heterocycles. The Morgan fingerprint density at radius 2 is 1.74 bits per heavy atom. The molecule has 0 aliphatic carbocycles. The predicted molar refractivity (Wildman–Crippen MR) is 89.0 cm³/mol.